The highest BCUT2D eigenvalue weighted by Gasteiger charge is 2.19. The third-order valence-corrected chi connectivity index (χ3v) is 2.38. The number of hydrogen-bond acceptors (Lipinski definition) is 3. The van der Waals surface area contributed by atoms with Gasteiger partial charge in [-0.1, -0.05) is 33.6 Å². The standard InChI is InChI=1S/C11H22N2O2/c1-4-5-6-9(7-14)13-11(15)10(12)8(2)3/h7-10H,4-6,12H2,1-3H3,(H,13,15). The van der Waals surface area contributed by atoms with Crippen LogP contribution in [0.1, 0.15) is 40.0 Å². The quantitative estimate of drug-likeness (QED) is 0.617. The smallest absolute Gasteiger partial charge is 0.237 e. The van der Waals surface area contributed by atoms with Gasteiger partial charge < -0.3 is 15.8 Å². The van der Waals surface area contributed by atoms with Crippen LogP contribution in [-0.2, 0) is 9.59 Å². The van der Waals surface area contributed by atoms with Gasteiger partial charge in [0.2, 0.25) is 5.91 Å². The van der Waals surface area contributed by atoms with Crippen LogP contribution in [-0.4, -0.2) is 24.3 Å². The van der Waals surface area contributed by atoms with Gasteiger partial charge in [0.25, 0.3) is 0 Å². The fraction of sp³-hybridized carbons (Fsp3) is 0.818. The second-order valence-electron chi connectivity index (χ2n) is 4.16. The van der Waals surface area contributed by atoms with Crippen molar-refractivity contribution in [3.05, 3.63) is 0 Å². The monoisotopic (exact) mass is 214 g/mol. The van der Waals surface area contributed by atoms with Crippen LogP contribution >= 0.6 is 0 Å². The predicted octanol–water partition coefficient (Wildman–Crippen LogP) is 0.844. The van der Waals surface area contributed by atoms with Crippen LogP contribution in [0.3, 0.4) is 0 Å². The summed E-state index contributed by atoms with van der Waals surface area (Å²) < 4.78 is 0. The highest BCUT2D eigenvalue weighted by Crippen LogP contribution is 2.01. The number of carbonyl (C=O) groups excluding carboxylic acids is 2. The molecule has 4 heteroatoms. The van der Waals surface area contributed by atoms with E-state index in [2.05, 4.69) is 5.32 Å². The largest absolute Gasteiger partial charge is 0.345 e. The van der Waals surface area contributed by atoms with Gasteiger partial charge in [-0.15, -0.1) is 0 Å². The topological polar surface area (TPSA) is 72.2 Å². The summed E-state index contributed by atoms with van der Waals surface area (Å²) >= 11 is 0. The molecule has 0 radical (unpaired) electrons. The molecule has 0 aliphatic rings. The zero-order chi connectivity index (χ0) is 11.8. The van der Waals surface area contributed by atoms with E-state index < -0.39 is 6.04 Å². The number of unbranched alkanes of at least 4 members (excludes halogenated alkanes) is 1. The fourth-order valence-corrected chi connectivity index (χ4v) is 1.18. The van der Waals surface area contributed by atoms with E-state index >= 15 is 0 Å². The predicted molar refractivity (Wildman–Crippen MR) is 60.3 cm³/mol. The molecule has 0 aromatic rings. The lowest BCUT2D eigenvalue weighted by atomic mass is 10.0. The molecule has 0 aliphatic heterocycles. The summed E-state index contributed by atoms with van der Waals surface area (Å²) in [5.41, 5.74) is 5.66. The lowest BCUT2D eigenvalue weighted by Gasteiger charge is -2.18. The second-order valence-corrected chi connectivity index (χ2v) is 4.16. The average molecular weight is 214 g/mol. The maximum atomic E-state index is 11.5. The Bertz CT molecular complexity index is 205. The fourth-order valence-electron chi connectivity index (χ4n) is 1.18. The summed E-state index contributed by atoms with van der Waals surface area (Å²) in [6, 6.07) is -0.920. The Hall–Kier alpha value is -0.900. The molecular formula is C11H22N2O2. The maximum absolute atomic E-state index is 11.5. The summed E-state index contributed by atoms with van der Waals surface area (Å²) in [7, 11) is 0. The molecule has 88 valence electrons. The van der Waals surface area contributed by atoms with Crippen LogP contribution in [0.25, 0.3) is 0 Å². The van der Waals surface area contributed by atoms with Gasteiger partial charge in [0.1, 0.15) is 6.29 Å². The van der Waals surface area contributed by atoms with E-state index in [4.69, 9.17) is 5.73 Å². The van der Waals surface area contributed by atoms with E-state index in [9.17, 15) is 9.59 Å². The molecule has 0 aromatic heterocycles. The summed E-state index contributed by atoms with van der Waals surface area (Å²) in [6.07, 6.45) is 3.41. The number of amides is 1. The van der Waals surface area contributed by atoms with Gasteiger partial charge in [0.05, 0.1) is 12.1 Å². The van der Waals surface area contributed by atoms with Crippen molar-refractivity contribution >= 4 is 12.2 Å². The molecule has 0 heterocycles. The maximum Gasteiger partial charge on any atom is 0.237 e. The second kappa shape index (κ2) is 7.40. The number of carbonyl (C=O) groups is 2. The highest BCUT2D eigenvalue weighted by atomic mass is 16.2. The summed E-state index contributed by atoms with van der Waals surface area (Å²) in [5.74, 6) is -0.151. The van der Waals surface area contributed by atoms with Crippen LogP contribution in [0.5, 0.6) is 0 Å². The normalized spacial score (nSPS) is 14.7. The van der Waals surface area contributed by atoms with Gasteiger partial charge in [0.15, 0.2) is 0 Å². The number of aldehydes is 1. The Balaban J connectivity index is 4.06. The molecule has 2 unspecified atom stereocenters. The van der Waals surface area contributed by atoms with E-state index in [1.165, 1.54) is 0 Å². The van der Waals surface area contributed by atoms with Crippen molar-refractivity contribution in [1.82, 2.24) is 5.32 Å². The van der Waals surface area contributed by atoms with E-state index in [-0.39, 0.29) is 17.9 Å². The third-order valence-electron chi connectivity index (χ3n) is 2.38. The first-order valence-electron chi connectivity index (χ1n) is 5.54. The molecule has 3 N–H and O–H groups in total. The SMILES string of the molecule is CCCCC(C=O)NC(=O)C(N)C(C)C. The van der Waals surface area contributed by atoms with E-state index in [1.807, 2.05) is 20.8 Å². The van der Waals surface area contributed by atoms with Crippen LogP contribution < -0.4 is 11.1 Å². The zero-order valence-electron chi connectivity index (χ0n) is 9.82. The molecule has 0 fully saturated rings. The number of nitrogens with two attached hydrogens (primary N) is 1. The Labute approximate surface area is 91.6 Å². The molecule has 0 saturated carbocycles. The first kappa shape index (κ1) is 14.1. The van der Waals surface area contributed by atoms with E-state index in [0.717, 1.165) is 19.1 Å². The van der Waals surface area contributed by atoms with Crippen molar-refractivity contribution in [2.45, 2.75) is 52.1 Å². The lowest BCUT2D eigenvalue weighted by Crippen LogP contribution is -2.48. The average Bonchev–Trinajstić information content (AvgIpc) is 2.22. The van der Waals surface area contributed by atoms with Gasteiger partial charge in [-0.3, -0.25) is 4.79 Å². The van der Waals surface area contributed by atoms with Crippen LogP contribution in [0.15, 0.2) is 0 Å². The Kier molecular flexibility index (Phi) is 6.96. The Morgan fingerprint density at radius 3 is 2.47 bits per heavy atom. The first-order chi connectivity index (χ1) is 7.02. The lowest BCUT2D eigenvalue weighted by molar-refractivity contribution is -0.126. The minimum absolute atomic E-state index is 0.0866. The van der Waals surface area contributed by atoms with Crippen molar-refractivity contribution < 1.29 is 9.59 Å². The molecule has 0 rings (SSSR count). The van der Waals surface area contributed by atoms with Crippen molar-refractivity contribution in [1.29, 1.82) is 0 Å². The third kappa shape index (κ3) is 5.52. The van der Waals surface area contributed by atoms with Crippen molar-refractivity contribution in [3.63, 3.8) is 0 Å². The molecule has 1 amide bonds. The summed E-state index contributed by atoms with van der Waals surface area (Å²) in [6.45, 7) is 5.81. The minimum atomic E-state index is -0.533. The molecule has 0 bridgehead atoms. The highest BCUT2D eigenvalue weighted by molar-refractivity contribution is 5.84. The molecule has 0 aromatic carbocycles. The Morgan fingerprint density at radius 1 is 1.47 bits per heavy atom. The number of rotatable bonds is 7. The van der Waals surface area contributed by atoms with Crippen LogP contribution in [0.2, 0.25) is 0 Å². The number of nitrogens with one attached hydrogen (secondary N) is 1. The van der Waals surface area contributed by atoms with E-state index in [1.54, 1.807) is 0 Å². The number of hydrogen-bond donors (Lipinski definition) is 2. The van der Waals surface area contributed by atoms with Crippen LogP contribution in [0, 0.1) is 5.92 Å². The summed E-state index contributed by atoms with van der Waals surface area (Å²) in [5, 5.41) is 2.65. The zero-order valence-corrected chi connectivity index (χ0v) is 9.82. The van der Waals surface area contributed by atoms with Crippen molar-refractivity contribution in [3.8, 4) is 0 Å². The molecular weight excluding hydrogens is 192 g/mol. The van der Waals surface area contributed by atoms with Gasteiger partial charge in [0, 0.05) is 0 Å². The van der Waals surface area contributed by atoms with E-state index in [0.29, 0.717) is 6.42 Å². The first-order valence-corrected chi connectivity index (χ1v) is 5.54. The molecule has 15 heavy (non-hydrogen) atoms. The van der Waals surface area contributed by atoms with Gasteiger partial charge in [-0.2, -0.15) is 0 Å². The summed E-state index contributed by atoms with van der Waals surface area (Å²) in [4.78, 5) is 22.2. The molecule has 0 spiro atoms. The molecule has 0 aliphatic carbocycles. The van der Waals surface area contributed by atoms with Gasteiger partial charge in [-0.25, -0.2) is 0 Å². The minimum Gasteiger partial charge on any atom is -0.345 e. The molecule has 0 saturated heterocycles. The Morgan fingerprint density at radius 2 is 2.07 bits per heavy atom. The van der Waals surface area contributed by atoms with Crippen molar-refractivity contribution in [2.24, 2.45) is 11.7 Å². The molecule has 4 nitrogen and oxygen atoms in total. The van der Waals surface area contributed by atoms with Gasteiger partial charge >= 0.3 is 0 Å². The van der Waals surface area contributed by atoms with Crippen LogP contribution in [0.4, 0.5) is 0 Å². The molecule has 2 atom stereocenters. The van der Waals surface area contributed by atoms with Gasteiger partial charge in [-0.05, 0) is 12.3 Å². The van der Waals surface area contributed by atoms with Crippen molar-refractivity contribution in [2.75, 3.05) is 0 Å².